The monoisotopic (exact) mass is 336 g/mol. The fourth-order valence-corrected chi connectivity index (χ4v) is 3.48. The van der Waals surface area contributed by atoms with Gasteiger partial charge in [-0.1, -0.05) is 23.2 Å². The molecule has 4 nitrogen and oxygen atoms in total. The van der Waals surface area contributed by atoms with Crippen molar-refractivity contribution < 1.29 is 0 Å². The van der Waals surface area contributed by atoms with Gasteiger partial charge in [0.05, 0.1) is 0 Å². The maximum absolute atomic E-state index is 6.07. The van der Waals surface area contributed by atoms with Crippen LogP contribution in [-0.4, -0.2) is 41.0 Å². The Morgan fingerprint density at radius 1 is 1.27 bits per heavy atom. The first-order chi connectivity index (χ1) is 10.6. The molecule has 1 unspecified atom stereocenters. The van der Waals surface area contributed by atoms with E-state index >= 15 is 0 Å². The second kappa shape index (κ2) is 6.82. The van der Waals surface area contributed by atoms with Gasteiger partial charge in [-0.25, -0.2) is 9.97 Å². The molecule has 0 spiro atoms. The highest BCUT2D eigenvalue weighted by Crippen LogP contribution is 2.24. The molecule has 1 aliphatic heterocycles. The van der Waals surface area contributed by atoms with E-state index in [1.54, 1.807) is 18.6 Å². The SMILES string of the molecule is CN(c1ccncn1)C1CCN(Cc2cc(Cl)cc(Cl)c2)C1. The molecule has 1 saturated heterocycles. The van der Waals surface area contributed by atoms with Crippen molar-refractivity contribution in [3.63, 3.8) is 0 Å². The van der Waals surface area contributed by atoms with Crippen LogP contribution >= 0.6 is 23.2 Å². The third-order valence-corrected chi connectivity index (χ3v) is 4.49. The topological polar surface area (TPSA) is 32.3 Å². The van der Waals surface area contributed by atoms with Crippen molar-refractivity contribution in [2.24, 2.45) is 0 Å². The van der Waals surface area contributed by atoms with Crippen molar-refractivity contribution in [3.05, 3.63) is 52.4 Å². The van der Waals surface area contributed by atoms with Crippen LogP contribution in [0, 0.1) is 0 Å². The van der Waals surface area contributed by atoms with Crippen LogP contribution in [0.3, 0.4) is 0 Å². The van der Waals surface area contributed by atoms with Gasteiger partial charge in [0, 0.05) is 49.0 Å². The molecule has 0 N–H and O–H groups in total. The van der Waals surface area contributed by atoms with E-state index in [9.17, 15) is 0 Å². The third kappa shape index (κ3) is 3.69. The molecule has 1 aromatic heterocycles. The Morgan fingerprint density at radius 3 is 2.73 bits per heavy atom. The van der Waals surface area contributed by atoms with Gasteiger partial charge in [0.25, 0.3) is 0 Å². The molecule has 1 aromatic carbocycles. The molecule has 116 valence electrons. The summed E-state index contributed by atoms with van der Waals surface area (Å²) in [6.45, 7) is 2.93. The van der Waals surface area contributed by atoms with Crippen LogP contribution in [0.2, 0.25) is 10.0 Å². The van der Waals surface area contributed by atoms with Crippen molar-refractivity contribution in [3.8, 4) is 0 Å². The van der Waals surface area contributed by atoms with Crippen LogP contribution in [0.4, 0.5) is 5.82 Å². The first-order valence-electron chi connectivity index (χ1n) is 7.28. The van der Waals surface area contributed by atoms with Gasteiger partial charge < -0.3 is 4.90 Å². The maximum atomic E-state index is 6.07. The summed E-state index contributed by atoms with van der Waals surface area (Å²) in [5, 5.41) is 1.38. The van der Waals surface area contributed by atoms with Crippen LogP contribution < -0.4 is 4.90 Å². The zero-order chi connectivity index (χ0) is 15.5. The number of nitrogens with zero attached hydrogens (tertiary/aromatic N) is 4. The Bertz CT molecular complexity index is 615. The fourth-order valence-electron chi connectivity index (χ4n) is 2.91. The Kier molecular flexibility index (Phi) is 4.81. The number of hydrogen-bond acceptors (Lipinski definition) is 4. The van der Waals surface area contributed by atoms with Gasteiger partial charge in [-0.3, -0.25) is 4.90 Å². The van der Waals surface area contributed by atoms with Crippen molar-refractivity contribution >= 4 is 29.0 Å². The molecular formula is C16H18Cl2N4. The normalized spacial score (nSPS) is 18.6. The average Bonchev–Trinajstić information content (AvgIpc) is 2.95. The van der Waals surface area contributed by atoms with Crippen LogP contribution in [0.25, 0.3) is 0 Å². The summed E-state index contributed by atoms with van der Waals surface area (Å²) in [5.41, 5.74) is 1.16. The molecule has 0 amide bonds. The first-order valence-corrected chi connectivity index (χ1v) is 8.03. The standard InChI is InChI=1S/C16H18Cl2N4/c1-21(16-2-4-19-11-20-16)15-3-5-22(10-15)9-12-6-13(17)8-14(18)7-12/h2,4,6-8,11,15H,3,5,9-10H2,1H3. The Morgan fingerprint density at radius 2 is 2.05 bits per heavy atom. The van der Waals surface area contributed by atoms with Crippen LogP contribution in [-0.2, 0) is 6.54 Å². The van der Waals surface area contributed by atoms with Gasteiger partial charge in [-0.2, -0.15) is 0 Å². The first kappa shape index (κ1) is 15.5. The zero-order valence-corrected chi connectivity index (χ0v) is 13.9. The molecule has 1 aliphatic rings. The van der Waals surface area contributed by atoms with Gasteiger partial charge in [0.2, 0.25) is 0 Å². The summed E-state index contributed by atoms with van der Waals surface area (Å²) in [5.74, 6) is 0.965. The molecule has 0 aliphatic carbocycles. The lowest BCUT2D eigenvalue weighted by Gasteiger charge is -2.25. The van der Waals surface area contributed by atoms with E-state index in [1.807, 2.05) is 18.2 Å². The van der Waals surface area contributed by atoms with Crippen LogP contribution in [0.1, 0.15) is 12.0 Å². The lowest BCUT2D eigenvalue weighted by Crippen LogP contribution is -2.34. The molecule has 2 heterocycles. The van der Waals surface area contributed by atoms with E-state index in [0.29, 0.717) is 16.1 Å². The second-order valence-corrected chi connectivity index (χ2v) is 6.51. The third-order valence-electron chi connectivity index (χ3n) is 4.05. The molecule has 0 saturated carbocycles. The number of hydrogen-bond donors (Lipinski definition) is 0. The van der Waals surface area contributed by atoms with Crippen molar-refractivity contribution in [1.82, 2.24) is 14.9 Å². The molecule has 2 aromatic rings. The minimum absolute atomic E-state index is 0.463. The van der Waals surface area contributed by atoms with Gasteiger partial charge in [0.15, 0.2) is 0 Å². The number of rotatable bonds is 4. The molecule has 1 fully saturated rings. The average molecular weight is 337 g/mol. The molecule has 0 radical (unpaired) electrons. The smallest absolute Gasteiger partial charge is 0.131 e. The van der Waals surface area contributed by atoms with Crippen molar-refractivity contribution in [2.45, 2.75) is 19.0 Å². The summed E-state index contributed by atoms with van der Waals surface area (Å²) in [7, 11) is 2.09. The van der Waals surface area contributed by atoms with Gasteiger partial charge in [0.1, 0.15) is 12.1 Å². The molecule has 6 heteroatoms. The zero-order valence-electron chi connectivity index (χ0n) is 12.4. The lowest BCUT2D eigenvalue weighted by atomic mass is 10.2. The summed E-state index contributed by atoms with van der Waals surface area (Å²) in [6.07, 6.45) is 4.49. The van der Waals surface area contributed by atoms with Crippen molar-refractivity contribution in [2.75, 3.05) is 25.0 Å². The molecular weight excluding hydrogens is 319 g/mol. The van der Waals surface area contributed by atoms with Crippen LogP contribution in [0.5, 0.6) is 0 Å². The number of likely N-dealkylation sites (N-methyl/N-ethyl adjacent to an activating group) is 1. The predicted octanol–water partition coefficient (Wildman–Crippen LogP) is 3.49. The minimum Gasteiger partial charge on any atom is -0.355 e. The molecule has 1 atom stereocenters. The van der Waals surface area contributed by atoms with Gasteiger partial charge in [-0.15, -0.1) is 0 Å². The Hall–Kier alpha value is -1.36. The highest BCUT2D eigenvalue weighted by Gasteiger charge is 2.26. The minimum atomic E-state index is 0.463. The summed E-state index contributed by atoms with van der Waals surface area (Å²) in [4.78, 5) is 12.9. The Balaban J connectivity index is 1.62. The maximum Gasteiger partial charge on any atom is 0.131 e. The molecule has 0 bridgehead atoms. The lowest BCUT2D eigenvalue weighted by molar-refractivity contribution is 0.326. The number of benzene rings is 1. The van der Waals surface area contributed by atoms with E-state index < -0.39 is 0 Å². The van der Waals surface area contributed by atoms with E-state index in [2.05, 4.69) is 26.8 Å². The van der Waals surface area contributed by atoms with E-state index in [0.717, 1.165) is 37.4 Å². The van der Waals surface area contributed by atoms with E-state index in [4.69, 9.17) is 23.2 Å². The predicted molar refractivity (Wildman–Crippen MR) is 90.6 cm³/mol. The van der Waals surface area contributed by atoms with E-state index in [1.165, 1.54) is 0 Å². The molecule has 3 rings (SSSR count). The Labute approximate surface area is 140 Å². The van der Waals surface area contributed by atoms with Gasteiger partial charge >= 0.3 is 0 Å². The van der Waals surface area contributed by atoms with Gasteiger partial charge in [-0.05, 0) is 36.2 Å². The summed E-state index contributed by atoms with van der Waals surface area (Å²) in [6, 6.07) is 8.13. The summed E-state index contributed by atoms with van der Waals surface area (Å²) >= 11 is 12.1. The highest BCUT2D eigenvalue weighted by atomic mass is 35.5. The number of anilines is 1. The molecule has 22 heavy (non-hydrogen) atoms. The number of aromatic nitrogens is 2. The summed E-state index contributed by atoms with van der Waals surface area (Å²) < 4.78 is 0. The second-order valence-electron chi connectivity index (χ2n) is 5.63. The fraction of sp³-hybridized carbons (Fsp3) is 0.375. The van der Waals surface area contributed by atoms with Crippen LogP contribution in [0.15, 0.2) is 36.8 Å². The number of likely N-dealkylation sites (tertiary alicyclic amines) is 1. The quantitative estimate of drug-likeness (QED) is 0.855. The highest BCUT2D eigenvalue weighted by molar-refractivity contribution is 6.34. The van der Waals surface area contributed by atoms with Crippen molar-refractivity contribution in [1.29, 1.82) is 0 Å². The largest absolute Gasteiger partial charge is 0.355 e. The van der Waals surface area contributed by atoms with E-state index in [-0.39, 0.29) is 0 Å². The number of halogens is 2.